The van der Waals surface area contributed by atoms with Crippen molar-refractivity contribution in [3.8, 4) is 0 Å². The molecule has 4 heteroatoms. The summed E-state index contributed by atoms with van der Waals surface area (Å²) >= 11 is 0. The minimum Gasteiger partial charge on any atom is -0.379 e. The van der Waals surface area contributed by atoms with E-state index in [4.69, 9.17) is 4.74 Å². The van der Waals surface area contributed by atoms with Crippen molar-refractivity contribution in [2.24, 2.45) is 0 Å². The van der Waals surface area contributed by atoms with Crippen molar-refractivity contribution in [3.05, 3.63) is 0 Å². The van der Waals surface area contributed by atoms with E-state index in [0.717, 1.165) is 26.3 Å². The zero-order chi connectivity index (χ0) is 12.1. The van der Waals surface area contributed by atoms with Crippen LogP contribution in [0.1, 0.15) is 13.8 Å². The predicted molar refractivity (Wildman–Crippen MR) is 70.4 cm³/mol. The Morgan fingerprint density at radius 2 is 1.35 bits per heavy atom. The lowest BCUT2D eigenvalue weighted by Gasteiger charge is -2.38. The second-order valence-electron chi connectivity index (χ2n) is 5.43. The molecule has 0 radical (unpaired) electrons. The first-order valence-corrected chi connectivity index (χ1v) is 7.02. The molecule has 2 fully saturated rings. The molecule has 0 amide bonds. The summed E-state index contributed by atoms with van der Waals surface area (Å²) in [6.07, 6.45) is 0. The molecule has 0 aromatic carbocycles. The van der Waals surface area contributed by atoms with Gasteiger partial charge in [-0.25, -0.2) is 0 Å². The molecule has 0 N–H and O–H groups in total. The fraction of sp³-hybridized carbons (Fsp3) is 1.00. The van der Waals surface area contributed by atoms with E-state index >= 15 is 0 Å². The van der Waals surface area contributed by atoms with Gasteiger partial charge in [0, 0.05) is 58.4 Å². The smallest absolute Gasteiger partial charge is 0.0594 e. The normalized spacial score (nSPS) is 25.6. The second kappa shape index (κ2) is 6.69. The number of nitrogens with zero attached hydrogens (tertiary/aromatic N) is 3. The lowest BCUT2D eigenvalue weighted by molar-refractivity contribution is 0.0287. The van der Waals surface area contributed by atoms with Gasteiger partial charge < -0.3 is 4.74 Å². The Morgan fingerprint density at radius 1 is 0.824 bits per heavy atom. The van der Waals surface area contributed by atoms with Gasteiger partial charge in [-0.2, -0.15) is 0 Å². The van der Waals surface area contributed by atoms with E-state index in [1.807, 2.05) is 0 Å². The SMILES string of the molecule is CC(C)N1CCN(CCN2CCOCC2)CC1. The summed E-state index contributed by atoms with van der Waals surface area (Å²) in [7, 11) is 0. The summed E-state index contributed by atoms with van der Waals surface area (Å²) in [5.41, 5.74) is 0. The van der Waals surface area contributed by atoms with E-state index in [1.54, 1.807) is 0 Å². The quantitative estimate of drug-likeness (QED) is 0.707. The van der Waals surface area contributed by atoms with Crippen LogP contribution in [-0.4, -0.2) is 86.3 Å². The van der Waals surface area contributed by atoms with Gasteiger partial charge in [0.15, 0.2) is 0 Å². The summed E-state index contributed by atoms with van der Waals surface area (Å²) in [5, 5.41) is 0. The van der Waals surface area contributed by atoms with Crippen molar-refractivity contribution in [1.29, 1.82) is 0 Å². The van der Waals surface area contributed by atoms with Gasteiger partial charge in [-0.15, -0.1) is 0 Å². The van der Waals surface area contributed by atoms with Gasteiger partial charge in [0.05, 0.1) is 13.2 Å². The molecule has 17 heavy (non-hydrogen) atoms. The molecule has 2 rings (SSSR count). The van der Waals surface area contributed by atoms with Gasteiger partial charge in [-0.1, -0.05) is 0 Å². The first kappa shape index (κ1) is 13.3. The number of hydrogen-bond acceptors (Lipinski definition) is 4. The van der Waals surface area contributed by atoms with Crippen LogP contribution in [0.5, 0.6) is 0 Å². The van der Waals surface area contributed by atoms with Crippen LogP contribution < -0.4 is 0 Å². The first-order chi connectivity index (χ1) is 8.25. The Morgan fingerprint density at radius 3 is 1.88 bits per heavy atom. The van der Waals surface area contributed by atoms with Crippen LogP contribution >= 0.6 is 0 Å². The molecule has 2 aliphatic heterocycles. The minimum atomic E-state index is 0.705. The molecule has 0 saturated carbocycles. The van der Waals surface area contributed by atoms with Crippen LogP contribution in [0.3, 0.4) is 0 Å². The molecule has 0 aromatic rings. The summed E-state index contributed by atoms with van der Waals surface area (Å²) < 4.78 is 5.37. The Balaban J connectivity index is 1.61. The molecule has 0 unspecified atom stereocenters. The molecule has 2 saturated heterocycles. The van der Waals surface area contributed by atoms with Crippen molar-refractivity contribution < 1.29 is 4.74 Å². The Hall–Kier alpha value is -0.160. The highest BCUT2D eigenvalue weighted by atomic mass is 16.5. The molecule has 0 spiro atoms. The minimum absolute atomic E-state index is 0.705. The van der Waals surface area contributed by atoms with Crippen LogP contribution in [0.25, 0.3) is 0 Å². The Kier molecular flexibility index (Phi) is 5.22. The number of rotatable bonds is 4. The highest BCUT2D eigenvalue weighted by Gasteiger charge is 2.19. The molecule has 0 aromatic heterocycles. The predicted octanol–water partition coefficient (Wildman–Crippen LogP) is 0.345. The van der Waals surface area contributed by atoms with Gasteiger partial charge >= 0.3 is 0 Å². The van der Waals surface area contributed by atoms with Crippen molar-refractivity contribution in [2.75, 3.05) is 65.6 Å². The maximum atomic E-state index is 5.37. The monoisotopic (exact) mass is 241 g/mol. The molecular weight excluding hydrogens is 214 g/mol. The first-order valence-electron chi connectivity index (χ1n) is 7.02. The average molecular weight is 241 g/mol. The highest BCUT2D eigenvalue weighted by Crippen LogP contribution is 2.06. The molecule has 2 heterocycles. The van der Waals surface area contributed by atoms with Crippen molar-refractivity contribution >= 4 is 0 Å². The second-order valence-corrected chi connectivity index (χ2v) is 5.43. The standard InChI is InChI=1S/C13H27N3O/c1-13(2)16-7-5-14(6-8-16)3-4-15-9-11-17-12-10-15/h13H,3-12H2,1-2H3. The highest BCUT2D eigenvalue weighted by molar-refractivity contribution is 4.75. The average Bonchev–Trinajstić information content (AvgIpc) is 2.38. The third kappa shape index (κ3) is 4.21. The van der Waals surface area contributed by atoms with Crippen LogP contribution in [0.2, 0.25) is 0 Å². The van der Waals surface area contributed by atoms with Gasteiger partial charge in [0.25, 0.3) is 0 Å². The van der Waals surface area contributed by atoms with Crippen LogP contribution in [0.15, 0.2) is 0 Å². The van der Waals surface area contributed by atoms with Crippen molar-refractivity contribution in [3.63, 3.8) is 0 Å². The third-order valence-corrected chi connectivity index (χ3v) is 3.97. The summed E-state index contributed by atoms with van der Waals surface area (Å²) in [5.74, 6) is 0. The van der Waals surface area contributed by atoms with E-state index in [2.05, 4.69) is 28.5 Å². The largest absolute Gasteiger partial charge is 0.379 e. The Labute approximate surface area is 105 Å². The summed E-state index contributed by atoms with van der Waals surface area (Å²) in [4.78, 5) is 7.71. The lowest BCUT2D eigenvalue weighted by atomic mass is 10.2. The summed E-state index contributed by atoms with van der Waals surface area (Å²) in [6, 6.07) is 0.705. The topological polar surface area (TPSA) is 19.0 Å². The maximum absolute atomic E-state index is 5.37. The third-order valence-electron chi connectivity index (χ3n) is 3.97. The van der Waals surface area contributed by atoms with Crippen molar-refractivity contribution in [1.82, 2.24) is 14.7 Å². The van der Waals surface area contributed by atoms with Crippen LogP contribution in [0.4, 0.5) is 0 Å². The van der Waals surface area contributed by atoms with Crippen LogP contribution in [-0.2, 0) is 4.74 Å². The number of piperazine rings is 1. The number of morpholine rings is 1. The van der Waals surface area contributed by atoms with E-state index in [0.29, 0.717) is 6.04 Å². The van der Waals surface area contributed by atoms with Gasteiger partial charge in [0.2, 0.25) is 0 Å². The lowest BCUT2D eigenvalue weighted by Crippen LogP contribution is -2.51. The van der Waals surface area contributed by atoms with Gasteiger partial charge in [0.1, 0.15) is 0 Å². The zero-order valence-corrected chi connectivity index (χ0v) is 11.4. The van der Waals surface area contributed by atoms with Crippen molar-refractivity contribution in [2.45, 2.75) is 19.9 Å². The van der Waals surface area contributed by atoms with E-state index in [-0.39, 0.29) is 0 Å². The molecule has 100 valence electrons. The number of hydrogen-bond donors (Lipinski definition) is 0. The molecule has 0 atom stereocenters. The molecule has 2 aliphatic rings. The fourth-order valence-electron chi connectivity index (χ4n) is 2.61. The number of ether oxygens (including phenoxy) is 1. The zero-order valence-electron chi connectivity index (χ0n) is 11.4. The van der Waals surface area contributed by atoms with Gasteiger partial charge in [-0.3, -0.25) is 14.7 Å². The van der Waals surface area contributed by atoms with E-state index in [1.165, 1.54) is 39.3 Å². The maximum Gasteiger partial charge on any atom is 0.0594 e. The van der Waals surface area contributed by atoms with Crippen LogP contribution in [0, 0.1) is 0 Å². The Bertz CT molecular complexity index is 209. The van der Waals surface area contributed by atoms with Gasteiger partial charge in [-0.05, 0) is 13.8 Å². The fourth-order valence-corrected chi connectivity index (χ4v) is 2.61. The summed E-state index contributed by atoms with van der Waals surface area (Å²) in [6.45, 7) is 16.1. The molecule has 4 nitrogen and oxygen atoms in total. The molecular formula is C13H27N3O. The molecule has 0 aliphatic carbocycles. The molecule has 0 bridgehead atoms. The van der Waals surface area contributed by atoms with E-state index in [9.17, 15) is 0 Å². The van der Waals surface area contributed by atoms with E-state index < -0.39 is 0 Å².